The number of aryl methyl sites for hydroxylation is 2. The molecule has 1 heterocycles. The number of nitrogens with one attached hydrogen (secondary N) is 1. The van der Waals surface area contributed by atoms with E-state index >= 15 is 0 Å². The maximum absolute atomic E-state index is 12.2. The van der Waals surface area contributed by atoms with E-state index in [0.717, 1.165) is 11.1 Å². The molecule has 0 saturated heterocycles. The number of benzene rings is 1. The van der Waals surface area contributed by atoms with Gasteiger partial charge in [0.05, 0.1) is 7.11 Å². The van der Waals surface area contributed by atoms with Gasteiger partial charge in [-0.25, -0.2) is 4.79 Å². The van der Waals surface area contributed by atoms with E-state index < -0.39 is 11.9 Å². The second-order valence-corrected chi connectivity index (χ2v) is 5.10. The topological polar surface area (TPSA) is 88.8 Å². The molecule has 1 amide bonds. The summed E-state index contributed by atoms with van der Waals surface area (Å²) in [6.07, 6.45) is 0.403. The Hall–Kier alpha value is -2.76. The molecule has 122 valence electrons. The van der Waals surface area contributed by atoms with Crippen LogP contribution in [-0.2, 0) is 13.0 Å². The van der Waals surface area contributed by atoms with Gasteiger partial charge in [-0.05, 0) is 18.6 Å². The van der Waals surface area contributed by atoms with E-state index in [9.17, 15) is 9.59 Å². The third kappa shape index (κ3) is 3.71. The first-order chi connectivity index (χ1) is 11.0. The van der Waals surface area contributed by atoms with Gasteiger partial charge in [0.1, 0.15) is 17.1 Å². The number of amides is 1. The third-order valence-corrected chi connectivity index (χ3v) is 3.47. The first-order valence-corrected chi connectivity index (χ1v) is 7.24. The highest BCUT2D eigenvalue weighted by Crippen LogP contribution is 2.20. The molecule has 1 aromatic heterocycles. The third-order valence-electron chi connectivity index (χ3n) is 3.47. The van der Waals surface area contributed by atoms with Gasteiger partial charge in [0.2, 0.25) is 0 Å². The molecule has 6 nitrogen and oxygen atoms in total. The highest BCUT2D eigenvalue weighted by molar-refractivity contribution is 5.96. The molecule has 0 fully saturated rings. The fourth-order valence-corrected chi connectivity index (χ4v) is 2.24. The van der Waals surface area contributed by atoms with Crippen LogP contribution < -0.4 is 10.1 Å². The Labute approximate surface area is 134 Å². The van der Waals surface area contributed by atoms with Crippen LogP contribution in [0.15, 0.2) is 28.7 Å². The Bertz CT molecular complexity index is 733. The van der Waals surface area contributed by atoms with Gasteiger partial charge in [-0.3, -0.25) is 4.79 Å². The second-order valence-electron chi connectivity index (χ2n) is 5.10. The van der Waals surface area contributed by atoms with E-state index in [2.05, 4.69) is 5.32 Å². The molecule has 2 rings (SSSR count). The number of carbonyl (C=O) groups is 2. The highest BCUT2D eigenvalue weighted by atomic mass is 16.5. The van der Waals surface area contributed by atoms with Crippen LogP contribution in [-0.4, -0.2) is 24.1 Å². The minimum atomic E-state index is -1.11. The summed E-state index contributed by atoms with van der Waals surface area (Å²) in [5, 5.41) is 11.8. The number of carbonyl (C=O) groups excluding carboxylic acids is 1. The predicted molar refractivity (Wildman–Crippen MR) is 83.9 cm³/mol. The summed E-state index contributed by atoms with van der Waals surface area (Å²) < 4.78 is 10.6. The summed E-state index contributed by atoms with van der Waals surface area (Å²) in [7, 11) is 1.57. The molecular formula is C17H19NO5. The van der Waals surface area contributed by atoms with Gasteiger partial charge in [-0.1, -0.05) is 19.1 Å². The number of carboxylic acid groups (broad SMARTS) is 1. The lowest BCUT2D eigenvalue weighted by atomic mass is 10.1. The van der Waals surface area contributed by atoms with Crippen molar-refractivity contribution < 1.29 is 23.8 Å². The normalized spacial score (nSPS) is 10.4. The van der Waals surface area contributed by atoms with Crippen molar-refractivity contribution in [2.75, 3.05) is 7.11 Å². The number of methoxy groups -OCH3 is 1. The summed E-state index contributed by atoms with van der Waals surface area (Å²) in [6.45, 7) is 3.98. The van der Waals surface area contributed by atoms with Crippen molar-refractivity contribution in [2.24, 2.45) is 0 Å². The Balaban J connectivity index is 2.12. The summed E-state index contributed by atoms with van der Waals surface area (Å²) >= 11 is 0. The van der Waals surface area contributed by atoms with Gasteiger partial charge < -0.3 is 19.6 Å². The lowest BCUT2D eigenvalue weighted by molar-refractivity contribution is 0.0694. The van der Waals surface area contributed by atoms with Gasteiger partial charge >= 0.3 is 5.97 Å². The Morgan fingerprint density at radius 1 is 1.30 bits per heavy atom. The van der Waals surface area contributed by atoms with Crippen molar-refractivity contribution in [2.45, 2.75) is 26.8 Å². The van der Waals surface area contributed by atoms with Gasteiger partial charge in [0.15, 0.2) is 5.76 Å². The molecule has 0 aliphatic rings. The average Bonchev–Trinajstić information content (AvgIpc) is 2.98. The number of furan rings is 1. The summed E-state index contributed by atoms with van der Waals surface area (Å²) in [5.41, 5.74) is 1.90. The summed E-state index contributed by atoms with van der Waals surface area (Å²) in [5.74, 6) is -0.606. The van der Waals surface area contributed by atoms with Crippen LogP contribution in [0.25, 0.3) is 0 Å². The van der Waals surface area contributed by atoms with E-state index in [0.29, 0.717) is 12.2 Å². The van der Waals surface area contributed by atoms with Crippen LogP contribution in [0.3, 0.4) is 0 Å². The van der Waals surface area contributed by atoms with Gasteiger partial charge in [-0.2, -0.15) is 0 Å². The molecule has 0 atom stereocenters. The van der Waals surface area contributed by atoms with Crippen LogP contribution in [0.2, 0.25) is 0 Å². The molecule has 0 saturated carbocycles. The number of ether oxygens (including phenoxy) is 1. The quantitative estimate of drug-likeness (QED) is 0.855. The van der Waals surface area contributed by atoms with Crippen molar-refractivity contribution in [3.8, 4) is 5.75 Å². The zero-order valence-electron chi connectivity index (χ0n) is 13.3. The molecule has 0 aliphatic heterocycles. The minimum absolute atomic E-state index is 0.00896. The molecular weight excluding hydrogens is 298 g/mol. The number of rotatable bonds is 6. The highest BCUT2D eigenvalue weighted by Gasteiger charge is 2.20. The maximum Gasteiger partial charge on any atom is 0.339 e. The maximum atomic E-state index is 12.2. The van der Waals surface area contributed by atoms with Crippen LogP contribution in [0, 0.1) is 6.92 Å². The van der Waals surface area contributed by atoms with Crippen LogP contribution in [0.4, 0.5) is 0 Å². The minimum Gasteiger partial charge on any atom is -0.496 e. The molecule has 0 spiro atoms. The van der Waals surface area contributed by atoms with E-state index in [1.165, 1.54) is 6.07 Å². The molecule has 2 N–H and O–H groups in total. The molecule has 1 aromatic carbocycles. The van der Waals surface area contributed by atoms with Crippen molar-refractivity contribution >= 4 is 11.9 Å². The molecule has 0 radical (unpaired) electrons. The van der Waals surface area contributed by atoms with Gasteiger partial charge in [-0.15, -0.1) is 0 Å². The average molecular weight is 317 g/mol. The van der Waals surface area contributed by atoms with Crippen LogP contribution in [0.5, 0.6) is 5.75 Å². The van der Waals surface area contributed by atoms with Crippen molar-refractivity contribution in [3.63, 3.8) is 0 Å². The Morgan fingerprint density at radius 2 is 2.04 bits per heavy atom. The smallest absolute Gasteiger partial charge is 0.339 e. The standard InChI is InChI=1S/C17H19NO5/c1-4-13-12(17(20)21)8-15(23-13)16(19)18-9-11-6-5-10(2)7-14(11)22-3/h5-8H,4,9H2,1-3H3,(H,18,19)(H,20,21). The summed E-state index contributed by atoms with van der Waals surface area (Å²) in [6, 6.07) is 6.93. The first kappa shape index (κ1) is 16.6. The van der Waals surface area contributed by atoms with Crippen molar-refractivity contribution in [1.29, 1.82) is 0 Å². The van der Waals surface area contributed by atoms with E-state index in [4.69, 9.17) is 14.3 Å². The van der Waals surface area contributed by atoms with Crippen LogP contribution in [0.1, 0.15) is 44.7 Å². The largest absolute Gasteiger partial charge is 0.496 e. The second kappa shape index (κ2) is 7.00. The lowest BCUT2D eigenvalue weighted by Gasteiger charge is -2.10. The molecule has 23 heavy (non-hydrogen) atoms. The number of aromatic carboxylic acids is 1. The zero-order chi connectivity index (χ0) is 17.0. The van der Waals surface area contributed by atoms with Crippen LogP contribution >= 0.6 is 0 Å². The predicted octanol–water partition coefficient (Wildman–Crippen LogP) is 2.79. The van der Waals surface area contributed by atoms with E-state index in [-0.39, 0.29) is 23.6 Å². The number of hydrogen-bond acceptors (Lipinski definition) is 4. The van der Waals surface area contributed by atoms with E-state index in [1.54, 1.807) is 14.0 Å². The fraction of sp³-hybridized carbons (Fsp3) is 0.294. The number of hydrogen-bond donors (Lipinski definition) is 2. The monoisotopic (exact) mass is 317 g/mol. The lowest BCUT2D eigenvalue weighted by Crippen LogP contribution is -2.22. The molecule has 6 heteroatoms. The Kier molecular flexibility index (Phi) is 5.05. The molecule has 2 aromatic rings. The van der Waals surface area contributed by atoms with Crippen molar-refractivity contribution in [1.82, 2.24) is 5.32 Å². The SMILES string of the molecule is CCc1oc(C(=O)NCc2ccc(C)cc2OC)cc1C(=O)O. The van der Waals surface area contributed by atoms with Crippen molar-refractivity contribution in [3.05, 3.63) is 52.5 Å². The molecule has 0 bridgehead atoms. The molecule has 0 aliphatic carbocycles. The Morgan fingerprint density at radius 3 is 2.61 bits per heavy atom. The first-order valence-electron chi connectivity index (χ1n) is 7.24. The summed E-state index contributed by atoms with van der Waals surface area (Å²) in [4.78, 5) is 23.3. The van der Waals surface area contributed by atoms with Gasteiger partial charge in [0.25, 0.3) is 5.91 Å². The van der Waals surface area contributed by atoms with Gasteiger partial charge in [0, 0.05) is 24.6 Å². The zero-order valence-corrected chi connectivity index (χ0v) is 13.3. The number of carboxylic acids is 1. The van der Waals surface area contributed by atoms with E-state index in [1.807, 2.05) is 25.1 Å². The fourth-order valence-electron chi connectivity index (χ4n) is 2.24. The molecule has 0 unspecified atom stereocenters.